The van der Waals surface area contributed by atoms with Crippen molar-refractivity contribution in [3.8, 4) is 17.2 Å². The number of aromatic nitrogens is 2. The number of nitro groups is 1. The number of amides is 1. The van der Waals surface area contributed by atoms with Crippen molar-refractivity contribution in [3.63, 3.8) is 0 Å². The molecule has 0 spiro atoms. The summed E-state index contributed by atoms with van der Waals surface area (Å²) in [5.74, 6) is -0.765. The van der Waals surface area contributed by atoms with Crippen molar-refractivity contribution in [2.24, 2.45) is 0 Å². The van der Waals surface area contributed by atoms with E-state index in [1.165, 1.54) is 38.7 Å². The minimum Gasteiger partial charge on any atom is -0.493 e. The van der Waals surface area contributed by atoms with E-state index in [2.05, 4.69) is 22.4 Å². The van der Waals surface area contributed by atoms with Crippen LogP contribution in [0.25, 0.3) is 0 Å². The third-order valence-electron chi connectivity index (χ3n) is 3.66. The molecule has 0 bridgehead atoms. The fraction of sp³-hybridized carbons (Fsp3) is 0.438. The number of nitrogens with one attached hydrogen (secondary N) is 1. The van der Waals surface area contributed by atoms with Crippen LogP contribution in [0.5, 0.6) is 17.2 Å². The lowest BCUT2D eigenvalue weighted by molar-refractivity contribution is -0.386. The highest BCUT2D eigenvalue weighted by atomic mass is 32.1. The van der Waals surface area contributed by atoms with Gasteiger partial charge in [0.15, 0.2) is 5.75 Å². The zero-order chi connectivity index (χ0) is 20.0. The van der Waals surface area contributed by atoms with Crippen molar-refractivity contribution in [1.29, 1.82) is 0 Å². The second-order valence-corrected chi connectivity index (χ2v) is 6.42. The van der Waals surface area contributed by atoms with Crippen molar-refractivity contribution in [1.82, 2.24) is 10.2 Å². The van der Waals surface area contributed by atoms with E-state index < -0.39 is 16.5 Å². The number of anilines is 1. The van der Waals surface area contributed by atoms with Gasteiger partial charge in [-0.05, 0) is 6.42 Å². The van der Waals surface area contributed by atoms with Crippen molar-refractivity contribution >= 4 is 28.1 Å². The van der Waals surface area contributed by atoms with E-state index in [4.69, 9.17) is 14.2 Å². The number of carbonyl (C=O) groups excluding carboxylic acids is 1. The molecular formula is C16H20N4O6S. The van der Waals surface area contributed by atoms with Crippen molar-refractivity contribution in [3.05, 3.63) is 26.8 Å². The number of methoxy groups -OCH3 is 3. The predicted molar refractivity (Wildman–Crippen MR) is 99.2 cm³/mol. The average molecular weight is 396 g/mol. The van der Waals surface area contributed by atoms with Gasteiger partial charge < -0.3 is 14.2 Å². The average Bonchev–Trinajstić information content (AvgIpc) is 3.11. The summed E-state index contributed by atoms with van der Waals surface area (Å²) in [4.78, 5) is 23.5. The van der Waals surface area contributed by atoms with Gasteiger partial charge in [0, 0.05) is 12.5 Å². The molecule has 11 heteroatoms. The smallest absolute Gasteiger partial charge is 0.327 e. The number of hydrogen-bond donors (Lipinski definition) is 1. The lowest BCUT2D eigenvalue weighted by atomic mass is 10.1. The van der Waals surface area contributed by atoms with Gasteiger partial charge in [-0.3, -0.25) is 20.2 Å². The van der Waals surface area contributed by atoms with E-state index in [0.717, 1.165) is 24.3 Å². The van der Waals surface area contributed by atoms with Crippen LogP contribution in [-0.2, 0) is 6.42 Å². The Morgan fingerprint density at radius 3 is 2.48 bits per heavy atom. The van der Waals surface area contributed by atoms with Crippen molar-refractivity contribution in [2.45, 2.75) is 26.2 Å². The van der Waals surface area contributed by atoms with Crippen LogP contribution in [0.3, 0.4) is 0 Å². The van der Waals surface area contributed by atoms with Crippen LogP contribution in [0.1, 0.15) is 35.1 Å². The Balaban J connectivity index is 2.42. The van der Waals surface area contributed by atoms with E-state index >= 15 is 0 Å². The van der Waals surface area contributed by atoms with Crippen LogP contribution in [0.2, 0.25) is 0 Å². The molecule has 0 unspecified atom stereocenters. The lowest BCUT2D eigenvalue weighted by Gasteiger charge is -2.14. The zero-order valence-corrected chi connectivity index (χ0v) is 16.2. The van der Waals surface area contributed by atoms with Gasteiger partial charge >= 0.3 is 5.69 Å². The highest BCUT2D eigenvalue weighted by Gasteiger charge is 2.32. The molecule has 0 aliphatic carbocycles. The summed E-state index contributed by atoms with van der Waals surface area (Å²) >= 11 is 1.23. The predicted octanol–water partition coefficient (Wildman–Crippen LogP) is 3.07. The topological polar surface area (TPSA) is 126 Å². The first kappa shape index (κ1) is 20.4. The maximum Gasteiger partial charge on any atom is 0.327 e. The van der Waals surface area contributed by atoms with Gasteiger partial charge in [-0.1, -0.05) is 24.7 Å². The van der Waals surface area contributed by atoms with Gasteiger partial charge in [-0.15, -0.1) is 10.2 Å². The van der Waals surface area contributed by atoms with Gasteiger partial charge in [0.05, 0.1) is 26.3 Å². The monoisotopic (exact) mass is 396 g/mol. The molecule has 0 radical (unpaired) electrons. The molecule has 0 aliphatic heterocycles. The summed E-state index contributed by atoms with van der Waals surface area (Å²) in [5, 5.41) is 23.1. The van der Waals surface area contributed by atoms with Gasteiger partial charge in [0.2, 0.25) is 16.6 Å². The molecule has 2 aromatic rings. The van der Waals surface area contributed by atoms with Gasteiger partial charge in [-0.25, -0.2) is 0 Å². The molecule has 1 aromatic heterocycles. The summed E-state index contributed by atoms with van der Waals surface area (Å²) in [6.07, 6.45) is 2.73. The highest BCUT2D eigenvalue weighted by Crippen LogP contribution is 2.46. The van der Waals surface area contributed by atoms with Crippen LogP contribution in [0.4, 0.5) is 10.8 Å². The summed E-state index contributed by atoms with van der Waals surface area (Å²) in [6.45, 7) is 2.06. The second kappa shape index (κ2) is 9.12. The molecule has 27 heavy (non-hydrogen) atoms. The normalized spacial score (nSPS) is 10.4. The van der Waals surface area contributed by atoms with Crippen molar-refractivity contribution in [2.75, 3.05) is 26.6 Å². The summed E-state index contributed by atoms with van der Waals surface area (Å²) in [6, 6.07) is 1.23. The Hall–Kier alpha value is -2.95. The number of carbonyl (C=O) groups is 1. The number of rotatable bonds is 9. The van der Waals surface area contributed by atoms with Gasteiger partial charge in [0.1, 0.15) is 10.6 Å². The van der Waals surface area contributed by atoms with Gasteiger partial charge in [0.25, 0.3) is 5.91 Å². The maximum absolute atomic E-state index is 12.7. The zero-order valence-electron chi connectivity index (χ0n) is 15.4. The van der Waals surface area contributed by atoms with E-state index in [1.807, 2.05) is 0 Å². The third-order valence-corrected chi connectivity index (χ3v) is 4.56. The molecule has 1 aromatic carbocycles. The third kappa shape index (κ3) is 4.42. The first-order valence-corrected chi connectivity index (χ1v) is 8.89. The molecule has 0 saturated heterocycles. The molecule has 146 valence electrons. The van der Waals surface area contributed by atoms with Crippen LogP contribution in [-0.4, -0.2) is 42.4 Å². The lowest BCUT2D eigenvalue weighted by Crippen LogP contribution is -2.15. The highest BCUT2D eigenvalue weighted by molar-refractivity contribution is 7.15. The molecule has 10 nitrogen and oxygen atoms in total. The minimum atomic E-state index is -0.723. The van der Waals surface area contributed by atoms with E-state index in [9.17, 15) is 14.9 Å². The minimum absolute atomic E-state index is 0.0287. The molecule has 0 saturated carbocycles. The Bertz CT molecular complexity index is 839. The summed E-state index contributed by atoms with van der Waals surface area (Å²) in [7, 11) is 3.93. The van der Waals surface area contributed by atoms with Crippen LogP contribution >= 0.6 is 11.3 Å². The first-order chi connectivity index (χ1) is 13.0. The second-order valence-electron chi connectivity index (χ2n) is 5.36. The van der Waals surface area contributed by atoms with Crippen LogP contribution in [0, 0.1) is 10.1 Å². The molecule has 1 N–H and O–H groups in total. The Kier molecular flexibility index (Phi) is 6.88. The van der Waals surface area contributed by atoms with Crippen LogP contribution in [0.15, 0.2) is 6.07 Å². The fourth-order valence-corrected chi connectivity index (χ4v) is 3.17. The molecule has 0 fully saturated rings. The molecule has 1 heterocycles. The number of unbranched alkanes of at least 4 members (excludes halogenated alkanes) is 1. The number of nitrogens with zero attached hydrogens (tertiary/aromatic N) is 3. The molecule has 0 atom stereocenters. The first-order valence-electron chi connectivity index (χ1n) is 8.07. The molecule has 0 aliphatic rings. The molecular weight excluding hydrogens is 376 g/mol. The Labute approximate surface area is 159 Å². The van der Waals surface area contributed by atoms with Crippen molar-refractivity contribution < 1.29 is 23.9 Å². The summed E-state index contributed by atoms with van der Waals surface area (Å²) in [5.41, 5.74) is -0.761. The van der Waals surface area contributed by atoms with Crippen LogP contribution < -0.4 is 19.5 Å². The molecule has 2 rings (SSSR count). The largest absolute Gasteiger partial charge is 0.493 e. The number of benzene rings is 1. The van der Waals surface area contributed by atoms with E-state index in [0.29, 0.717) is 0 Å². The maximum atomic E-state index is 12.7. The molecule has 1 amide bonds. The fourth-order valence-electron chi connectivity index (χ4n) is 2.39. The SMILES string of the molecule is CCCCc1nnc(NC(=O)c2cc(OC)c(OC)c(OC)c2[N+](=O)[O-])s1. The Morgan fingerprint density at radius 2 is 1.93 bits per heavy atom. The van der Waals surface area contributed by atoms with Gasteiger partial charge in [-0.2, -0.15) is 0 Å². The number of aryl methyl sites for hydroxylation is 1. The summed E-state index contributed by atoms with van der Waals surface area (Å²) < 4.78 is 15.4. The Morgan fingerprint density at radius 1 is 1.22 bits per heavy atom. The number of hydrogen-bond acceptors (Lipinski definition) is 9. The number of ether oxygens (including phenoxy) is 3. The standard InChI is InChI=1S/C16H20N4O6S/c1-5-6-7-11-18-19-16(27-11)17-15(21)9-8-10(24-2)13(25-3)14(26-4)12(9)20(22)23/h8H,5-7H2,1-4H3,(H,17,19,21). The van der Waals surface area contributed by atoms with E-state index in [-0.39, 0.29) is 27.9 Å². The van der Waals surface area contributed by atoms with E-state index in [1.54, 1.807) is 0 Å². The quantitative estimate of drug-likeness (QED) is 0.506. The number of nitro benzene ring substituents is 1.